The highest BCUT2D eigenvalue weighted by Crippen LogP contribution is 2.21. The first-order valence-corrected chi connectivity index (χ1v) is 9.16. The Morgan fingerprint density at radius 3 is 2.22 bits per heavy atom. The Morgan fingerprint density at radius 1 is 0.963 bits per heavy atom. The van der Waals surface area contributed by atoms with Gasteiger partial charge < -0.3 is 14.4 Å². The lowest BCUT2D eigenvalue weighted by Gasteiger charge is -2.24. The Morgan fingerprint density at radius 2 is 1.59 bits per heavy atom. The highest BCUT2D eigenvalue weighted by Gasteiger charge is 2.31. The summed E-state index contributed by atoms with van der Waals surface area (Å²) in [5.41, 5.74) is 2.11. The zero-order chi connectivity index (χ0) is 19.4. The molecule has 0 saturated carbocycles. The van der Waals surface area contributed by atoms with Gasteiger partial charge in [-0.2, -0.15) is 0 Å². The van der Waals surface area contributed by atoms with Crippen molar-refractivity contribution in [2.24, 2.45) is 0 Å². The van der Waals surface area contributed by atoms with Gasteiger partial charge in [0.25, 0.3) is 0 Å². The third-order valence-electron chi connectivity index (χ3n) is 4.30. The maximum Gasteiger partial charge on any atom is 0.410 e. The summed E-state index contributed by atoms with van der Waals surface area (Å²) in [6.45, 7) is 6.38. The van der Waals surface area contributed by atoms with Gasteiger partial charge in [-0.1, -0.05) is 42.5 Å². The maximum absolute atomic E-state index is 12.4. The molecule has 0 radical (unpaired) electrons. The number of esters is 1. The number of ether oxygens (including phenoxy) is 2. The van der Waals surface area contributed by atoms with Crippen molar-refractivity contribution in [3.05, 3.63) is 60.2 Å². The fourth-order valence-electron chi connectivity index (χ4n) is 2.97. The van der Waals surface area contributed by atoms with E-state index in [0.717, 1.165) is 11.1 Å². The molecule has 5 nitrogen and oxygen atoms in total. The molecule has 5 heteroatoms. The quantitative estimate of drug-likeness (QED) is 0.749. The van der Waals surface area contributed by atoms with E-state index in [1.165, 1.54) is 0 Å². The summed E-state index contributed by atoms with van der Waals surface area (Å²) in [4.78, 5) is 26.1. The monoisotopic (exact) mass is 367 g/mol. The van der Waals surface area contributed by atoms with E-state index < -0.39 is 5.60 Å². The Hall–Kier alpha value is -2.82. The average Bonchev–Trinajstić information content (AvgIpc) is 3.10. The van der Waals surface area contributed by atoms with Gasteiger partial charge in [-0.25, -0.2) is 9.59 Å². The highest BCUT2D eigenvalue weighted by molar-refractivity contribution is 5.90. The van der Waals surface area contributed by atoms with Crippen LogP contribution in [0.5, 0.6) is 0 Å². The second-order valence-electron chi connectivity index (χ2n) is 7.69. The zero-order valence-corrected chi connectivity index (χ0v) is 16.0. The molecule has 0 bridgehead atoms. The van der Waals surface area contributed by atoms with Crippen LogP contribution in [0.3, 0.4) is 0 Å². The van der Waals surface area contributed by atoms with Crippen LogP contribution in [0.2, 0.25) is 0 Å². The first-order chi connectivity index (χ1) is 12.8. The van der Waals surface area contributed by atoms with Gasteiger partial charge in [0, 0.05) is 13.0 Å². The lowest BCUT2D eigenvalue weighted by atomic mass is 10.0. The topological polar surface area (TPSA) is 55.8 Å². The van der Waals surface area contributed by atoms with Gasteiger partial charge in [-0.05, 0) is 44.0 Å². The molecule has 27 heavy (non-hydrogen) atoms. The van der Waals surface area contributed by atoms with Crippen molar-refractivity contribution in [2.75, 3.05) is 13.1 Å². The average molecular weight is 367 g/mol. The van der Waals surface area contributed by atoms with Gasteiger partial charge in [-0.15, -0.1) is 0 Å². The predicted octanol–water partition coefficient (Wildman–Crippen LogP) is 4.52. The molecule has 1 aliphatic rings. The fraction of sp³-hybridized carbons (Fsp3) is 0.364. The summed E-state index contributed by atoms with van der Waals surface area (Å²) in [6, 6.07) is 17.3. The van der Waals surface area contributed by atoms with Gasteiger partial charge >= 0.3 is 12.1 Å². The number of hydrogen-bond acceptors (Lipinski definition) is 4. The normalized spacial score (nSPS) is 16.9. The Bertz CT molecular complexity index is 793. The minimum absolute atomic E-state index is 0.307. The first kappa shape index (κ1) is 19.0. The number of rotatable bonds is 3. The van der Waals surface area contributed by atoms with E-state index in [9.17, 15) is 9.59 Å². The smallest absolute Gasteiger partial charge is 0.410 e. The second kappa shape index (κ2) is 7.82. The van der Waals surface area contributed by atoms with E-state index in [4.69, 9.17) is 9.47 Å². The Labute approximate surface area is 159 Å². The van der Waals surface area contributed by atoms with Gasteiger partial charge in [0.2, 0.25) is 0 Å². The molecule has 0 aromatic heterocycles. The van der Waals surface area contributed by atoms with Gasteiger partial charge in [-0.3, -0.25) is 0 Å². The van der Waals surface area contributed by atoms with Crippen molar-refractivity contribution < 1.29 is 19.1 Å². The van der Waals surface area contributed by atoms with Crippen LogP contribution < -0.4 is 0 Å². The van der Waals surface area contributed by atoms with Gasteiger partial charge in [0.1, 0.15) is 11.7 Å². The van der Waals surface area contributed by atoms with E-state index in [2.05, 4.69) is 0 Å². The van der Waals surface area contributed by atoms with E-state index in [1.54, 1.807) is 17.0 Å². The lowest BCUT2D eigenvalue weighted by molar-refractivity contribution is 0.0191. The first-order valence-electron chi connectivity index (χ1n) is 9.16. The molecule has 2 aromatic carbocycles. The third-order valence-corrected chi connectivity index (χ3v) is 4.30. The van der Waals surface area contributed by atoms with Crippen LogP contribution in [0.4, 0.5) is 4.79 Å². The standard InChI is InChI=1S/C22H25NO4/c1-22(2,3)27-21(25)23-14-13-19(15-23)26-20(24)18-11-9-17(10-12-18)16-7-5-4-6-8-16/h4-12,19H,13-15H2,1-3H3/t19-/m1/s1. The highest BCUT2D eigenvalue weighted by atomic mass is 16.6. The molecule has 0 unspecified atom stereocenters. The number of amides is 1. The number of likely N-dealkylation sites (tertiary alicyclic amines) is 1. The van der Waals surface area contributed by atoms with Crippen molar-refractivity contribution in [1.82, 2.24) is 4.90 Å². The number of carbonyl (C=O) groups excluding carboxylic acids is 2. The molecule has 3 rings (SSSR count). The van der Waals surface area contributed by atoms with Crippen LogP contribution in [-0.4, -0.2) is 41.8 Å². The maximum atomic E-state index is 12.4. The van der Waals surface area contributed by atoms with Crippen molar-refractivity contribution in [3.63, 3.8) is 0 Å². The van der Waals surface area contributed by atoms with Crippen LogP contribution in [0, 0.1) is 0 Å². The molecule has 142 valence electrons. The fourth-order valence-corrected chi connectivity index (χ4v) is 2.97. The third kappa shape index (κ3) is 5.09. The van der Waals surface area contributed by atoms with Crippen molar-refractivity contribution >= 4 is 12.1 Å². The molecule has 1 saturated heterocycles. The molecule has 0 aliphatic carbocycles. The second-order valence-corrected chi connectivity index (χ2v) is 7.69. The summed E-state index contributed by atoms with van der Waals surface area (Å²) in [5, 5.41) is 0. The van der Waals surface area contributed by atoms with E-state index >= 15 is 0 Å². The van der Waals surface area contributed by atoms with Crippen LogP contribution in [0.25, 0.3) is 11.1 Å². The summed E-state index contributed by atoms with van der Waals surface area (Å²) < 4.78 is 10.9. The van der Waals surface area contributed by atoms with E-state index in [0.29, 0.717) is 25.1 Å². The molecule has 1 aliphatic heterocycles. The molecule has 1 heterocycles. The van der Waals surface area contributed by atoms with Crippen LogP contribution in [0.1, 0.15) is 37.6 Å². The van der Waals surface area contributed by atoms with Crippen LogP contribution in [-0.2, 0) is 9.47 Å². The van der Waals surface area contributed by atoms with Crippen LogP contribution >= 0.6 is 0 Å². The van der Waals surface area contributed by atoms with Crippen molar-refractivity contribution in [1.29, 1.82) is 0 Å². The lowest BCUT2D eigenvalue weighted by Crippen LogP contribution is -2.36. The summed E-state index contributed by atoms with van der Waals surface area (Å²) in [5.74, 6) is -0.370. The molecule has 1 atom stereocenters. The zero-order valence-electron chi connectivity index (χ0n) is 16.0. The Balaban J connectivity index is 1.56. The van der Waals surface area contributed by atoms with E-state index in [-0.39, 0.29) is 18.2 Å². The van der Waals surface area contributed by atoms with Crippen molar-refractivity contribution in [3.8, 4) is 11.1 Å². The number of nitrogens with zero attached hydrogens (tertiary/aromatic N) is 1. The predicted molar refractivity (Wildman–Crippen MR) is 104 cm³/mol. The largest absolute Gasteiger partial charge is 0.457 e. The number of benzene rings is 2. The summed E-state index contributed by atoms with van der Waals surface area (Å²) >= 11 is 0. The SMILES string of the molecule is CC(C)(C)OC(=O)N1CC[C@@H](OC(=O)c2ccc(-c3ccccc3)cc2)C1. The Kier molecular flexibility index (Phi) is 5.49. The minimum Gasteiger partial charge on any atom is -0.457 e. The van der Waals surface area contributed by atoms with Gasteiger partial charge in [0.05, 0.1) is 12.1 Å². The molecule has 0 spiro atoms. The molecular formula is C22H25NO4. The van der Waals surface area contributed by atoms with Crippen molar-refractivity contribution in [2.45, 2.75) is 38.9 Å². The summed E-state index contributed by atoms with van der Waals surface area (Å²) in [7, 11) is 0. The van der Waals surface area contributed by atoms with Crippen LogP contribution in [0.15, 0.2) is 54.6 Å². The van der Waals surface area contributed by atoms with Gasteiger partial charge in [0.15, 0.2) is 0 Å². The molecule has 1 fully saturated rings. The summed E-state index contributed by atoms with van der Waals surface area (Å²) in [6.07, 6.45) is -0.0559. The molecule has 2 aromatic rings. The molecular weight excluding hydrogens is 342 g/mol. The van der Waals surface area contributed by atoms with E-state index in [1.807, 2.05) is 63.2 Å². The molecule has 1 amide bonds. The minimum atomic E-state index is -0.535. The number of carbonyl (C=O) groups is 2. The number of hydrogen-bond donors (Lipinski definition) is 0. The molecule has 0 N–H and O–H groups in total.